The fourth-order valence-electron chi connectivity index (χ4n) is 3.97. The van der Waals surface area contributed by atoms with Crippen molar-refractivity contribution in [3.05, 3.63) is 23.8 Å². The number of sulfone groups is 1. The average Bonchev–Trinajstić information content (AvgIpc) is 3.17. The fraction of sp³-hybridized carbons (Fsp3) is 0.619. The highest BCUT2D eigenvalue weighted by atomic mass is 32.2. The summed E-state index contributed by atoms with van der Waals surface area (Å²) in [5, 5.41) is 0. The van der Waals surface area contributed by atoms with E-state index in [4.69, 9.17) is 14.2 Å². The summed E-state index contributed by atoms with van der Waals surface area (Å²) in [6.07, 6.45) is 0.126. The van der Waals surface area contributed by atoms with E-state index >= 15 is 0 Å². The minimum atomic E-state index is -3.12. The molecule has 2 heterocycles. The van der Waals surface area contributed by atoms with Crippen molar-refractivity contribution in [2.45, 2.75) is 58.3 Å². The van der Waals surface area contributed by atoms with Crippen molar-refractivity contribution in [1.29, 1.82) is 0 Å². The van der Waals surface area contributed by atoms with Crippen LogP contribution in [0.2, 0.25) is 0 Å². The number of carbonyl (C=O) groups is 2. The SMILES string of the molecule is CCN(C(=O)C(C)OC(=O)COc1cccc2c1OC(C)(C)C2)C1CCS(=O)(=O)C1. The van der Waals surface area contributed by atoms with E-state index in [0.29, 0.717) is 24.5 Å². The maximum absolute atomic E-state index is 12.7. The number of ether oxygens (including phenoxy) is 3. The Bertz CT molecular complexity index is 925. The molecule has 2 aliphatic heterocycles. The van der Waals surface area contributed by atoms with Gasteiger partial charge in [0.05, 0.1) is 11.5 Å². The predicted octanol–water partition coefficient (Wildman–Crippen LogP) is 1.75. The number of hydrogen-bond acceptors (Lipinski definition) is 7. The molecule has 1 saturated heterocycles. The van der Waals surface area contributed by atoms with E-state index in [-0.39, 0.29) is 29.8 Å². The van der Waals surface area contributed by atoms with Crippen LogP contribution in [-0.2, 0) is 30.6 Å². The number of hydrogen-bond donors (Lipinski definition) is 0. The molecule has 8 nitrogen and oxygen atoms in total. The van der Waals surface area contributed by atoms with Gasteiger partial charge in [-0.3, -0.25) is 4.79 Å². The molecule has 0 aromatic heterocycles. The molecule has 3 rings (SSSR count). The van der Waals surface area contributed by atoms with Crippen LogP contribution in [0.1, 0.15) is 39.7 Å². The molecule has 2 unspecified atom stereocenters. The van der Waals surface area contributed by atoms with E-state index in [1.54, 1.807) is 13.0 Å². The number of esters is 1. The molecule has 9 heteroatoms. The van der Waals surface area contributed by atoms with E-state index in [9.17, 15) is 18.0 Å². The Morgan fingerprint density at radius 2 is 2.07 bits per heavy atom. The molecule has 1 fully saturated rings. The summed E-state index contributed by atoms with van der Waals surface area (Å²) in [5.41, 5.74) is 0.681. The lowest BCUT2D eigenvalue weighted by molar-refractivity contribution is -0.161. The fourth-order valence-corrected chi connectivity index (χ4v) is 5.70. The number of carbonyl (C=O) groups excluding carboxylic acids is 2. The van der Waals surface area contributed by atoms with E-state index < -0.39 is 27.8 Å². The number of fused-ring (bicyclic) bond motifs is 1. The Balaban J connectivity index is 1.55. The summed E-state index contributed by atoms with van der Waals surface area (Å²) in [6, 6.07) is 5.14. The first-order valence-corrected chi connectivity index (χ1v) is 12.0. The molecule has 1 aromatic carbocycles. The molecule has 0 spiro atoms. The van der Waals surface area contributed by atoms with Gasteiger partial charge in [-0.15, -0.1) is 0 Å². The van der Waals surface area contributed by atoms with Gasteiger partial charge in [0.1, 0.15) is 5.60 Å². The third-order valence-corrected chi connectivity index (χ3v) is 7.08. The first-order chi connectivity index (χ1) is 14.0. The highest BCUT2D eigenvalue weighted by Gasteiger charge is 2.36. The molecule has 1 amide bonds. The smallest absolute Gasteiger partial charge is 0.344 e. The number of rotatable bonds is 7. The Morgan fingerprint density at radius 1 is 1.33 bits per heavy atom. The summed E-state index contributed by atoms with van der Waals surface area (Å²) in [4.78, 5) is 26.4. The molecule has 0 bridgehead atoms. The van der Waals surface area contributed by atoms with Gasteiger partial charge in [0.2, 0.25) is 0 Å². The summed E-state index contributed by atoms with van der Waals surface area (Å²) >= 11 is 0. The van der Waals surface area contributed by atoms with Crippen molar-refractivity contribution in [2.24, 2.45) is 0 Å². The first kappa shape index (κ1) is 22.4. The molecule has 1 aromatic rings. The normalized spacial score (nSPS) is 21.9. The van der Waals surface area contributed by atoms with Gasteiger partial charge in [-0.25, -0.2) is 13.2 Å². The van der Waals surface area contributed by atoms with Crippen molar-refractivity contribution >= 4 is 21.7 Å². The minimum Gasteiger partial charge on any atom is -0.483 e. The number of likely N-dealkylation sites (N-methyl/N-ethyl adjacent to an activating group) is 1. The molecule has 0 saturated carbocycles. The van der Waals surface area contributed by atoms with Crippen LogP contribution < -0.4 is 9.47 Å². The molecule has 0 N–H and O–H groups in total. The van der Waals surface area contributed by atoms with Crippen molar-refractivity contribution in [3.63, 3.8) is 0 Å². The lowest BCUT2D eigenvalue weighted by Gasteiger charge is -2.29. The van der Waals surface area contributed by atoms with Gasteiger partial charge in [0.15, 0.2) is 34.0 Å². The molecule has 2 aliphatic rings. The molecule has 30 heavy (non-hydrogen) atoms. The minimum absolute atomic E-state index is 0.0498. The van der Waals surface area contributed by atoms with Crippen LogP contribution in [0.3, 0.4) is 0 Å². The van der Waals surface area contributed by atoms with Gasteiger partial charge in [-0.1, -0.05) is 12.1 Å². The van der Waals surface area contributed by atoms with Gasteiger partial charge < -0.3 is 19.1 Å². The molecular weight excluding hydrogens is 410 g/mol. The van der Waals surface area contributed by atoms with Gasteiger partial charge in [-0.05, 0) is 40.2 Å². The second-order valence-corrected chi connectivity index (χ2v) is 10.6. The topological polar surface area (TPSA) is 99.2 Å². The third-order valence-electron chi connectivity index (χ3n) is 5.33. The van der Waals surface area contributed by atoms with Crippen LogP contribution in [0, 0.1) is 0 Å². The van der Waals surface area contributed by atoms with Gasteiger partial charge in [-0.2, -0.15) is 0 Å². The lowest BCUT2D eigenvalue weighted by atomic mass is 10.0. The van der Waals surface area contributed by atoms with E-state index in [0.717, 1.165) is 12.0 Å². The van der Waals surface area contributed by atoms with Crippen molar-refractivity contribution in [1.82, 2.24) is 4.90 Å². The molecule has 0 radical (unpaired) electrons. The molecule has 0 aliphatic carbocycles. The van der Waals surface area contributed by atoms with Crippen LogP contribution in [0.15, 0.2) is 18.2 Å². The monoisotopic (exact) mass is 439 g/mol. The number of amides is 1. The van der Waals surface area contributed by atoms with Crippen LogP contribution in [-0.4, -0.2) is 67.6 Å². The van der Waals surface area contributed by atoms with Crippen LogP contribution in [0.25, 0.3) is 0 Å². The zero-order valence-corrected chi connectivity index (χ0v) is 18.7. The van der Waals surface area contributed by atoms with Gasteiger partial charge >= 0.3 is 5.97 Å². The second-order valence-electron chi connectivity index (χ2n) is 8.38. The highest BCUT2D eigenvalue weighted by molar-refractivity contribution is 7.91. The summed E-state index contributed by atoms with van der Waals surface area (Å²) < 4.78 is 40.2. The third kappa shape index (κ3) is 5.06. The van der Waals surface area contributed by atoms with Crippen molar-refractivity contribution in [2.75, 3.05) is 24.7 Å². The zero-order chi connectivity index (χ0) is 22.1. The maximum atomic E-state index is 12.7. The van der Waals surface area contributed by atoms with Crippen LogP contribution in [0.4, 0.5) is 0 Å². The number of benzene rings is 1. The van der Waals surface area contributed by atoms with Gasteiger partial charge in [0, 0.05) is 24.6 Å². The number of para-hydroxylation sites is 1. The van der Waals surface area contributed by atoms with E-state index in [1.807, 2.05) is 26.0 Å². The Morgan fingerprint density at radius 3 is 2.70 bits per heavy atom. The Kier molecular flexibility index (Phi) is 6.31. The highest BCUT2D eigenvalue weighted by Crippen LogP contribution is 2.41. The lowest BCUT2D eigenvalue weighted by Crippen LogP contribution is -2.46. The van der Waals surface area contributed by atoms with Crippen molar-refractivity contribution in [3.8, 4) is 11.5 Å². The van der Waals surface area contributed by atoms with E-state index in [2.05, 4.69) is 0 Å². The second kappa shape index (κ2) is 8.45. The molecule has 2 atom stereocenters. The summed E-state index contributed by atoms with van der Waals surface area (Å²) in [6.45, 7) is 7.21. The zero-order valence-electron chi connectivity index (χ0n) is 17.8. The average molecular weight is 440 g/mol. The Hall–Kier alpha value is -2.29. The quantitative estimate of drug-likeness (QED) is 0.597. The van der Waals surface area contributed by atoms with Crippen LogP contribution in [0.5, 0.6) is 11.5 Å². The van der Waals surface area contributed by atoms with Gasteiger partial charge in [0.25, 0.3) is 5.91 Å². The maximum Gasteiger partial charge on any atom is 0.344 e. The Labute approximate surface area is 177 Å². The molecule has 166 valence electrons. The molecular formula is C21H29NO7S. The van der Waals surface area contributed by atoms with Crippen molar-refractivity contribution < 1.29 is 32.2 Å². The largest absolute Gasteiger partial charge is 0.483 e. The number of nitrogens with zero attached hydrogens (tertiary/aromatic N) is 1. The van der Waals surface area contributed by atoms with Crippen LogP contribution >= 0.6 is 0 Å². The first-order valence-electron chi connectivity index (χ1n) is 10.2. The predicted molar refractivity (Wildman–Crippen MR) is 110 cm³/mol. The standard InChI is InChI=1S/C21H29NO7S/c1-5-22(16-9-10-30(25,26)13-16)20(24)14(2)28-18(23)12-27-17-8-6-7-15-11-21(3,4)29-19(15)17/h6-8,14,16H,5,9-13H2,1-4H3. The summed E-state index contributed by atoms with van der Waals surface area (Å²) in [7, 11) is -3.12. The summed E-state index contributed by atoms with van der Waals surface area (Å²) in [5.74, 6) is 0.0223. The van der Waals surface area contributed by atoms with E-state index in [1.165, 1.54) is 11.8 Å².